The normalized spacial score (nSPS) is 29.9. The predicted octanol–water partition coefficient (Wildman–Crippen LogP) is 3.00. The standard InChI is InChI=1S/C15H14Cl2N2O3S2/c16-9-2-1-3-10(17)13(9)19-11-6-24(21,22)7-12(11)23-15(19)18-14(20)8-4-5-8/h1-3,8,11-12H,4-7H2/t11-,12+/m1/s1. The molecule has 0 N–H and O–H groups in total. The van der Waals surface area contributed by atoms with E-state index in [0.717, 1.165) is 12.8 Å². The molecule has 4 rings (SSSR count). The zero-order valence-electron chi connectivity index (χ0n) is 12.5. The SMILES string of the molecule is O=C(N=C1S[C@H]2CS(=O)(=O)C[C@H]2N1c1c(Cl)cccc1Cl)C1CC1. The van der Waals surface area contributed by atoms with Crippen LogP contribution in [0.25, 0.3) is 0 Å². The topological polar surface area (TPSA) is 66.8 Å². The van der Waals surface area contributed by atoms with E-state index >= 15 is 0 Å². The van der Waals surface area contributed by atoms with Gasteiger partial charge in [-0.1, -0.05) is 41.0 Å². The van der Waals surface area contributed by atoms with Crippen molar-refractivity contribution in [3.63, 3.8) is 0 Å². The second-order valence-corrected chi connectivity index (χ2v) is 10.4. The average molecular weight is 405 g/mol. The number of carbonyl (C=O) groups is 1. The quantitative estimate of drug-likeness (QED) is 0.757. The monoisotopic (exact) mass is 404 g/mol. The first-order valence-electron chi connectivity index (χ1n) is 7.58. The van der Waals surface area contributed by atoms with Crippen LogP contribution in [-0.2, 0) is 14.6 Å². The minimum absolute atomic E-state index is 0.00541. The van der Waals surface area contributed by atoms with Crippen molar-refractivity contribution in [1.82, 2.24) is 0 Å². The van der Waals surface area contributed by atoms with Crippen molar-refractivity contribution < 1.29 is 13.2 Å². The van der Waals surface area contributed by atoms with Crippen molar-refractivity contribution in [2.75, 3.05) is 16.4 Å². The summed E-state index contributed by atoms with van der Waals surface area (Å²) < 4.78 is 24.1. The van der Waals surface area contributed by atoms with Gasteiger partial charge in [0, 0.05) is 11.2 Å². The summed E-state index contributed by atoms with van der Waals surface area (Å²) in [6.45, 7) is 0. The lowest BCUT2D eigenvalue weighted by molar-refractivity contribution is -0.118. The maximum Gasteiger partial charge on any atom is 0.251 e. The minimum Gasteiger partial charge on any atom is -0.313 e. The number of rotatable bonds is 2. The summed E-state index contributed by atoms with van der Waals surface area (Å²) in [6.07, 6.45) is 1.74. The molecule has 1 aromatic carbocycles. The predicted molar refractivity (Wildman–Crippen MR) is 97.9 cm³/mol. The molecule has 9 heteroatoms. The number of thioether (sulfide) groups is 1. The van der Waals surface area contributed by atoms with Crippen molar-refractivity contribution in [3.05, 3.63) is 28.2 Å². The molecule has 0 bridgehead atoms. The van der Waals surface area contributed by atoms with E-state index in [2.05, 4.69) is 4.99 Å². The molecule has 0 unspecified atom stereocenters. The van der Waals surface area contributed by atoms with Gasteiger partial charge in [-0.3, -0.25) is 4.79 Å². The first kappa shape index (κ1) is 16.7. The fraction of sp³-hybridized carbons (Fsp3) is 0.467. The minimum atomic E-state index is -3.12. The molecule has 0 aromatic heterocycles. The molecule has 1 aromatic rings. The van der Waals surface area contributed by atoms with Gasteiger partial charge in [-0.2, -0.15) is 4.99 Å². The van der Waals surface area contributed by atoms with E-state index in [0.29, 0.717) is 20.9 Å². The van der Waals surface area contributed by atoms with Crippen molar-refractivity contribution in [1.29, 1.82) is 0 Å². The average Bonchev–Trinajstić information content (AvgIpc) is 3.23. The summed E-state index contributed by atoms with van der Waals surface area (Å²) in [7, 11) is -3.12. The Kier molecular flexibility index (Phi) is 4.10. The zero-order valence-corrected chi connectivity index (χ0v) is 15.6. The lowest BCUT2D eigenvalue weighted by atomic mass is 10.2. The number of anilines is 1. The van der Waals surface area contributed by atoms with Gasteiger partial charge in [-0.05, 0) is 25.0 Å². The number of amidine groups is 1. The van der Waals surface area contributed by atoms with Crippen LogP contribution in [0, 0.1) is 5.92 Å². The summed E-state index contributed by atoms with van der Waals surface area (Å²) in [5, 5.41) is 1.18. The van der Waals surface area contributed by atoms with E-state index in [1.54, 1.807) is 23.1 Å². The Morgan fingerprint density at radius 3 is 2.50 bits per heavy atom. The second-order valence-electron chi connectivity index (χ2n) is 6.25. The van der Waals surface area contributed by atoms with E-state index in [1.165, 1.54) is 11.8 Å². The number of aliphatic imine (C=N–C) groups is 1. The third-order valence-electron chi connectivity index (χ3n) is 4.38. The highest BCUT2D eigenvalue weighted by Crippen LogP contribution is 2.46. The van der Waals surface area contributed by atoms with E-state index < -0.39 is 9.84 Å². The van der Waals surface area contributed by atoms with Gasteiger partial charge in [-0.25, -0.2) is 8.42 Å². The number of fused-ring (bicyclic) bond motifs is 1. The van der Waals surface area contributed by atoms with Crippen LogP contribution in [0.4, 0.5) is 5.69 Å². The third-order valence-corrected chi connectivity index (χ3v) is 8.20. The van der Waals surface area contributed by atoms with Crippen LogP contribution in [-0.4, -0.2) is 42.3 Å². The Morgan fingerprint density at radius 1 is 1.21 bits per heavy atom. The molecule has 0 spiro atoms. The molecular weight excluding hydrogens is 391 g/mol. The summed E-state index contributed by atoms with van der Waals surface area (Å²) in [4.78, 5) is 18.2. The maximum atomic E-state index is 12.1. The van der Waals surface area contributed by atoms with Crippen molar-refractivity contribution >= 4 is 61.6 Å². The van der Waals surface area contributed by atoms with Crippen LogP contribution < -0.4 is 4.90 Å². The van der Waals surface area contributed by atoms with Crippen molar-refractivity contribution in [3.8, 4) is 0 Å². The summed E-state index contributed by atoms with van der Waals surface area (Å²) in [6, 6.07) is 4.82. The fourth-order valence-electron chi connectivity index (χ4n) is 3.06. The van der Waals surface area contributed by atoms with Gasteiger partial charge >= 0.3 is 0 Å². The number of hydrogen-bond acceptors (Lipinski definition) is 4. The van der Waals surface area contributed by atoms with E-state index in [1.807, 2.05) is 0 Å². The van der Waals surface area contributed by atoms with Crippen LogP contribution in [0.3, 0.4) is 0 Å². The Bertz CT molecular complexity index is 832. The highest BCUT2D eigenvalue weighted by Gasteiger charge is 2.50. The molecule has 1 saturated carbocycles. The smallest absolute Gasteiger partial charge is 0.251 e. The van der Waals surface area contributed by atoms with Gasteiger partial charge in [0.25, 0.3) is 5.91 Å². The van der Waals surface area contributed by atoms with Crippen LogP contribution in [0.5, 0.6) is 0 Å². The first-order valence-corrected chi connectivity index (χ1v) is 11.0. The number of nitrogens with zero attached hydrogens (tertiary/aromatic N) is 2. The molecule has 1 amide bonds. The molecule has 3 fully saturated rings. The van der Waals surface area contributed by atoms with Gasteiger partial charge in [-0.15, -0.1) is 0 Å². The molecule has 2 saturated heterocycles. The Labute approximate surface area is 154 Å². The van der Waals surface area contributed by atoms with Crippen molar-refractivity contribution in [2.45, 2.75) is 24.1 Å². The van der Waals surface area contributed by atoms with Gasteiger partial charge in [0.1, 0.15) is 0 Å². The number of amides is 1. The van der Waals surface area contributed by atoms with Crippen LogP contribution in [0.15, 0.2) is 23.2 Å². The van der Waals surface area contributed by atoms with E-state index in [9.17, 15) is 13.2 Å². The molecule has 0 radical (unpaired) electrons. The van der Waals surface area contributed by atoms with E-state index in [-0.39, 0.29) is 34.6 Å². The fourth-order valence-corrected chi connectivity index (χ4v) is 7.55. The highest BCUT2D eigenvalue weighted by molar-refractivity contribution is 8.16. The van der Waals surface area contributed by atoms with Crippen LogP contribution >= 0.6 is 35.0 Å². The molecule has 2 aliphatic heterocycles. The van der Waals surface area contributed by atoms with Gasteiger partial charge in [0.2, 0.25) is 0 Å². The largest absolute Gasteiger partial charge is 0.313 e. The molecule has 24 heavy (non-hydrogen) atoms. The van der Waals surface area contributed by atoms with E-state index in [4.69, 9.17) is 23.2 Å². The number of benzene rings is 1. The molecule has 5 nitrogen and oxygen atoms in total. The van der Waals surface area contributed by atoms with Crippen molar-refractivity contribution in [2.24, 2.45) is 10.9 Å². The lowest BCUT2D eigenvalue weighted by Crippen LogP contribution is -2.38. The van der Waals surface area contributed by atoms with Gasteiger partial charge in [0.05, 0.1) is 33.3 Å². The molecule has 1 aliphatic carbocycles. The zero-order chi connectivity index (χ0) is 17.1. The Balaban J connectivity index is 1.79. The molecule has 2 heterocycles. The van der Waals surface area contributed by atoms with Gasteiger partial charge in [0.15, 0.2) is 15.0 Å². The first-order chi connectivity index (χ1) is 11.4. The number of hydrogen-bond donors (Lipinski definition) is 0. The van der Waals surface area contributed by atoms with Crippen LogP contribution in [0.2, 0.25) is 10.0 Å². The molecule has 2 atom stereocenters. The lowest BCUT2D eigenvalue weighted by Gasteiger charge is -2.26. The number of para-hydroxylation sites is 1. The number of halogens is 2. The maximum absolute atomic E-state index is 12.1. The van der Waals surface area contributed by atoms with Gasteiger partial charge < -0.3 is 4.90 Å². The summed E-state index contributed by atoms with van der Waals surface area (Å²) in [5.74, 6) is -0.0419. The Hall–Kier alpha value is -0.760. The summed E-state index contributed by atoms with van der Waals surface area (Å²) >= 11 is 14.0. The summed E-state index contributed by atoms with van der Waals surface area (Å²) in [5.41, 5.74) is 0.528. The third kappa shape index (κ3) is 2.96. The highest BCUT2D eigenvalue weighted by atomic mass is 35.5. The number of carbonyl (C=O) groups excluding carboxylic acids is 1. The number of sulfone groups is 1. The second kappa shape index (κ2) is 5.90. The Morgan fingerprint density at radius 2 is 1.88 bits per heavy atom. The van der Waals surface area contributed by atoms with Crippen LogP contribution in [0.1, 0.15) is 12.8 Å². The molecule has 3 aliphatic rings. The molecule has 128 valence electrons. The molecular formula is C15H14Cl2N2O3S2.